The minimum Gasteiger partial charge on any atom is -0.356 e. The summed E-state index contributed by atoms with van der Waals surface area (Å²) >= 11 is 4.43. The summed E-state index contributed by atoms with van der Waals surface area (Å²) in [7, 11) is 0. The molecular formula is C12H7BrN4O3S. The summed E-state index contributed by atoms with van der Waals surface area (Å²) in [5.41, 5.74) is 0.998. The number of carbonyl (C=O) groups is 1. The van der Waals surface area contributed by atoms with Crippen LogP contribution in [0, 0.1) is 10.1 Å². The Balaban J connectivity index is 1.87. The van der Waals surface area contributed by atoms with Crippen LogP contribution in [0.5, 0.6) is 0 Å². The van der Waals surface area contributed by atoms with Crippen molar-refractivity contribution in [1.82, 2.24) is 9.97 Å². The van der Waals surface area contributed by atoms with E-state index in [0.29, 0.717) is 21.0 Å². The standard InChI is InChI=1S/C12H7BrN4O3S/c13-6-3-9(14-5-6)11(18)16-12-15-8-2-1-7(17(19)20)4-10(8)21-12/h1-5,14H,(H,15,16,18). The molecule has 1 amide bonds. The number of benzene rings is 1. The molecule has 0 unspecified atom stereocenters. The number of fused-ring (bicyclic) bond motifs is 1. The number of aromatic nitrogens is 2. The van der Waals surface area contributed by atoms with Crippen molar-refractivity contribution in [2.45, 2.75) is 0 Å². The number of anilines is 1. The first-order chi connectivity index (χ1) is 10.0. The van der Waals surface area contributed by atoms with Crippen molar-refractivity contribution in [3.8, 4) is 0 Å². The van der Waals surface area contributed by atoms with Gasteiger partial charge in [-0.1, -0.05) is 11.3 Å². The highest BCUT2D eigenvalue weighted by Gasteiger charge is 2.13. The lowest BCUT2D eigenvalue weighted by Gasteiger charge is -1.97. The second kappa shape index (κ2) is 5.26. The third-order valence-electron chi connectivity index (χ3n) is 2.70. The Morgan fingerprint density at radius 1 is 1.43 bits per heavy atom. The summed E-state index contributed by atoms with van der Waals surface area (Å²) in [5, 5.41) is 13.8. The van der Waals surface area contributed by atoms with Gasteiger partial charge in [0.2, 0.25) is 0 Å². The molecule has 0 aliphatic rings. The van der Waals surface area contributed by atoms with Crippen LogP contribution in [0.15, 0.2) is 34.9 Å². The van der Waals surface area contributed by atoms with Gasteiger partial charge in [-0.15, -0.1) is 0 Å². The van der Waals surface area contributed by atoms with E-state index in [4.69, 9.17) is 0 Å². The number of hydrogen-bond donors (Lipinski definition) is 2. The van der Waals surface area contributed by atoms with E-state index in [9.17, 15) is 14.9 Å². The van der Waals surface area contributed by atoms with Crippen LogP contribution < -0.4 is 5.32 Å². The van der Waals surface area contributed by atoms with Gasteiger partial charge in [0.1, 0.15) is 5.69 Å². The van der Waals surface area contributed by atoms with E-state index in [2.05, 4.69) is 31.2 Å². The van der Waals surface area contributed by atoms with E-state index >= 15 is 0 Å². The number of nitro benzene ring substituents is 1. The molecule has 3 rings (SSSR count). The highest BCUT2D eigenvalue weighted by atomic mass is 79.9. The predicted molar refractivity (Wildman–Crippen MR) is 82.7 cm³/mol. The van der Waals surface area contributed by atoms with E-state index in [1.54, 1.807) is 18.3 Å². The van der Waals surface area contributed by atoms with Gasteiger partial charge < -0.3 is 4.98 Å². The molecule has 0 atom stereocenters. The number of nitrogens with zero attached hydrogens (tertiary/aromatic N) is 2. The number of rotatable bonds is 3. The topological polar surface area (TPSA) is 101 Å². The quantitative estimate of drug-likeness (QED) is 0.546. The molecular weight excluding hydrogens is 360 g/mol. The first-order valence-electron chi connectivity index (χ1n) is 5.73. The van der Waals surface area contributed by atoms with Crippen LogP contribution in [0.25, 0.3) is 10.2 Å². The maximum Gasteiger partial charge on any atom is 0.273 e. The number of nitro groups is 1. The Morgan fingerprint density at radius 2 is 2.24 bits per heavy atom. The van der Waals surface area contributed by atoms with Crippen molar-refractivity contribution in [2.75, 3.05) is 5.32 Å². The maximum atomic E-state index is 12.0. The second-order valence-electron chi connectivity index (χ2n) is 4.11. The summed E-state index contributed by atoms with van der Waals surface area (Å²) in [6.45, 7) is 0. The van der Waals surface area contributed by atoms with E-state index in [-0.39, 0.29) is 11.6 Å². The lowest BCUT2D eigenvalue weighted by Crippen LogP contribution is -2.11. The molecule has 2 aromatic heterocycles. The Hall–Kier alpha value is -2.26. The maximum absolute atomic E-state index is 12.0. The van der Waals surface area contributed by atoms with E-state index < -0.39 is 4.92 Å². The molecule has 0 bridgehead atoms. The van der Waals surface area contributed by atoms with Crippen LogP contribution in [0.1, 0.15) is 10.5 Å². The molecule has 1 aromatic carbocycles. The Bertz CT molecular complexity index is 857. The first-order valence-corrected chi connectivity index (χ1v) is 7.34. The van der Waals surface area contributed by atoms with Crippen LogP contribution >= 0.6 is 27.3 Å². The molecule has 0 aliphatic heterocycles. The van der Waals surface area contributed by atoms with Crippen molar-refractivity contribution in [3.63, 3.8) is 0 Å². The molecule has 7 nitrogen and oxygen atoms in total. The Labute approximate surface area is 130 Å². The molecule has 9 heteroatoms. The molecule has 0 spiro atoms. The SMILES string of the molecule is O=C(Nc1nc2ccc([N+](=O)[O-])cc2s1)c1cc(Br)c[nH]1. The summed E-state index contributed by atoms with van der Waals surface area (Å²) in [6.07, 6.45) is 1.65. The van der Waals surface area contributed by atoms with Crippen molar-refractivity contribution >= 4 is 54.2 Å². The van der Waals surface area contributed by atoms with Gasteiger partial charge in [-0.2, -0.15) is 0 Å². The molecule has 21 heavy (non-hydrogen) atoms. The Kier molecular flexibility index (Phi) is 3.43. The smallest absolute Gasteiger partial charge is 0.273 e. The number of amides is 1. The number of aromatic amines is 1. The van der Waals surface area contributed by atoms with Gasteiger partial charge in [0.05, 0.1) is 15.1 Å². The average Bonchev–Trinajstić information content (AvgIpc) is 3.03. The highest BCUT2D eigenvalue weighted by molar-refractivity contribution is 9.10. The van der Waals surface area contributed by atoms with Gasteiger partial charge in [0.15, 0.2) is 5.13 Å². The van der Waals surface area contributed by atoms with Crippen molar-refractivity contribution in [2.24, 2.45) is 0 Å². The average molecular weight is 367 g/mol. The van der Waals surface area contributed by atoms with Crippen molar-refractivity contribution < 1.29 is 9.72 Å². The zero-order chi connectivity index (χ0) is 15.0. The number of halogens is 1. The molecule has 2 N–H and O–H groups in total. The number of non-ortho nitro benzene ring substituents is 1. The fourth-order valence-corrected chi connectivity index (χ4v) is 2.98. The summed E-state index contributed by atoms with van der Waals surface area (Å²) in [5.74, 6) is -0.325. The monoisotopic (exact) mass is 366 g/mol. The van der Waals surface area contributed by atoms with Crippen LogP contribution in [-0.2, 0) is 0 Å². The number of nitrogens with one attached hydrogen (secondary N) is 2. The van der Waals surface area contributed by atoms with Gasteiger partial charge in [-0.05, 0) is 28.1 Å². The summed E-state index contributed by atoms with van der Waals surface area (Å²) in [4.78, 5) is 29.3. The number of carbonyl (C=O) groups excluding carboxylic acids is 1. The van der Waals surface area contributed by atoms with E-state index in [1.165, 1.54) is 23.5 Å². The molecule has 0 aliphatic carbocycles. The van der Waals surface area contributed by atoms with Gasteiger partial charge in [-0.25, -0.2) is 4.98 Å². The second-order valence-corrected chi connectivity index (χ2v) is 6.06. The zero-order valence-corrected chi connectivity index (χ0v) is 12.7. The number of H-pyrrole nitrogens is 1. The van der Waals surface area contributed by atoms with Crippen molar-refractivity contribution in [1.29, 1.82) is 0 Å². The number of thiazole rings is 1. The van der Waals surface area contributed by atoms with Gasteiger partial charge >= 0.3 is 0 Å². The summed E-state index contributed by atoms with van der Waals surface area (Å²) < 4.78 is 1.42. The van der Waals surface area contributed by atoms with Crippen LogP contribution in [0.3, 0.4) is 0 Å². The Morgan fingerprint density at radius 3 is 2.90 bits per heavy atom. The molecule has 0 saturated heterocycles. The third-order valence-corrected chi connectivity index (χ3v) is 4.09. The largest absolute Gasteiger partial charge is 0.356 e. The lowest BCUT2D eigenvalue weighted by molar-refractivity contribution is -0.384. The molecule has 0 radical (unpaired) electrons. The van der Waals surface area contributed by atoms with Gasteiger partial charge in [0, 0.05) is 22.8 Å². The first kappa shape index (κ1) is 13.7. The van der Waals surface area contributed by atoms with E-state index in [1.807, 2.05) is 0 Å². The summed E-state index contributed by atoms with van der Waals surface area (Å²) in [6, 6.07) is 6.03. The normalized spacial score (nSPS) is 10.7. The van der Waals surface area contributed by atoms with Gasteiger partial charge in [0.25, 0.3) is 11.6 Å². The number of hydrogen-bond acceptors (Lipinski definition) is 5. The highest BCUT2D eigenvalue weighted by Crippen LogP contribution is 2.29. The van der Waals surface area contributed by atoms with Crippen LogP contribution in [0.4, 0.5) is 10.8 Å². The molecule has 3 aromatic rings. The minimum absolute atomic E-state index is 0.00248. The minimum atomic E-state index is -0.464. The zero-order valence-electron chi connectivity index (χ0n) is 10.3. The lowest BCUT2D eigenvalue weighted by atomic mass is 10.3. The predicted octanol–water partition coefficient (Wildman–Crippen LogP) is 3.55. The van der Waals surface area contributed by atoms with Crippen LogP contribution in [0.2, 0.25) is 0 Å². The van der Waals surface area contributed by atoms with Gasteiger partial charge in [-0.3, -0.25) is 20.2 Å². The molecule has 2 heterocycles. The van der Waals surface area contributed by atoms with Crippen LogP contribution in [-0.4, -0.2) is 20.8 Å². The van der Waals surface area contributed by atoms with Crippen molar-refractivity contribution in [3.05, 3.63) is 50.7 Å². The fraction of sp³-hybridized carbons (Fsp3) is 0. The van der Waals surface area contributed by atoms with E-state index in [0.717, 1.165) is 4.47 Å². The fourth-order valence-electron chi connectivity index (χ4n) is 1.74. The molecule has 0 fully saturated rings. The molecule has 0 saturated carbocycles. The molecule has 106 valence electrons. The third kappa shape index (κ3) is 2.78.